The molecule has 47 heavy (non-hydrogen) atoms. The van der Waals surface area contributed by atoms with Crippen molar-refractivity contribution in [3.05, 3.63) is 0 Å². The molecule has 0 aromatic carbocycles. The van der Waals surface area contributed by atoms with Crippen LogP contribution < -0.4 is 5.32 Å². The molecule has 0 aliphatic carbocycles. The van der Waals surface area contributed by atoms with Crippen LogP contribution in [0, 0.1) is 23.7 Å². The normalized spacial score (nSPS) is 44.4. The molecule has 4 saturated heterocycles. The number of hydrogen-bond donors (Lipinski definition) is 2. The topological polar surface area (TPSA) is 153 Å². The van der Waals surface area contributed by atoms with Crippen LogP contribution in [0.5, 0.6) is 0 Å². The van der Waals surface area contributed by atoms with Crippen molar-refractivity contribution in [3.63, 3.8) is 0 Å². The average Bonchev–Trinajstić information content (AvgIpc) is 3.25. The van der Waals surface area contributed by atoms with E-state index in [9.17, 15) is 24.3 Å². The summed E-state index contributed by atoms with van der Waals surface area (Å²) in [6, 6.07) is -1.16. The number of rotatable bonds is 6. The minimum Gasteiger partial charge on any atom is -0.458 e. The van der Waals surface area contributed by atoms with Gasteiger partial charge in [0.05, 0.1) is 29.9 Å². The van der Waals surface area contributed by atoms with Crippen molar-refractivity contribution < 1.29 is 48.0 Å². The number of aliphatic hydroxyl groups excluding tert-OH is 1. The molecular weight excluding hydrogens is 610 g/mol. The number of hydrogen-bond acceptors (Lipinski definition) is 12. The number of aliphatic hydroxyl groups is 1. The Kier molecular flexibility index (Phi) is 11.5. The van der Waals surface area contributed by atoms with Crippen LogP contribution in [-0.4, -0.2) is 133 Å². The van der Waals surface area contributed by atoms with Gasteiger partial charge < -0.3 is 39.0 Å². The lowest BCUT2D eigenvalue weighted by Crippen LogP contribution is -2.65. The molecule has 13 heteroatoms. The maximum Gasteiger partial charge on any atom is 0.411 e. The van der Waals surface area contributed by atoms with E-state index < -0.39 is 83.4 Å². The molecule has 0 bridgehead atoms. The summed E-state index contributed by atoms with van der Waals surface area (Å²) < 4.78 is 30.8. The van der Waals surface area contributed by atoms with Gasteiger partial charge in [-0.15, -0.1) is 0 Å². The number of amides is 1. The zero-order valence-electron chi connectivity index (χ0n) is 30.0. The molecule has 4 rings (SSSR count). The predicted molar refractivity (Wildman–Crippen MR) is 171 cm³/mol. The maximum atomic E-state index is 14.4. The number of esters is 1. The van der Waals surface area contributed by atoms with Crippen molar-refractivity contribution >= 4 is 23.6 Å². The summed E-state index contributed by atoms with van der Waals surface area (Å²) in [4.78, 5) is 59.3. The molecule has 4 aliphatic rings. The first-order valence-electron chi connectivity index (χ1n) is 17.1. The van der Waals surface area contributed by atoms with Crippen molar-refractivity contribution in [3.8, 4) is 0 Å². The molecule has 13 atom stereocenters. The van der Waals surface area contributed by atoms with E-state index in [4.69, 9.17) is 23.7 Å². The van der Waals surface area contributed by atoms with Crippen LogP contribution in [0.1, 0.15) is 74.7 Å². The molecule has 0 aromatic heterocycles. The zero-order valence-corrected chi connectivity index (χ0v) is 30.0. The number of likely N-dealkylation sites (N-methyl/N-ethyl adjacent to an activating group) is 1. The summed E-state index contributed by atoms with van der Waals surface area (Å²) in [6.07, 6.45) is -3.81. The average molecular weight is 668 g/mol. The fraction of sp³-hybridized carbons (Fsp3) is 0.882. The zero-order chi connectivity index (χ0) is 35.2. The monoisotopic (exact) mass is 667 g/mol. The standard InChI is InChI=1S/C34H57N3O10/c1-12-24-34(8)28(37(32(42)47-34)22-15-35-16-22)19(4)25(38)17(2)14-33(7,43-11)29(20(5)26(39)21(6)30(41)45-24)46-31-27(40)23(36(9)10)13-18(3)44-31/h17-24,27-29,31,35,40H,12-16H2,1-11H3/t17-,18-,19+,20+,21-,23+,24-,27-,28-,29-,31+,33-,34-/m1/s1. The molecule has 4 aliphatic heterocycles. The summed E-state index contributed by atoms with van der Waals surface area (Å²) in [7, 11) is 5.24. The van der Waals surface area contributed by atoms with Crippen LogP contribution in [0.15, 0.2) is 0 Å². The first-order chi connectivity index (χ1) is 21.9. The molecule has 4 heterocycles. The molecule has 2 N–H and O–H groups in total. The molecule has 0 spiro atoms. The van der Waals surface area contributed by atoms with Crippen molar-refractivity contribution in [1.82, 2.24) is 15.1 Å². The summed E-state index contributed by atoms with van der Waals surface area (Å²) >= 11 is 0. The Bertz CT molecular complexity index is 1180. The third kappa shape index (κ3) is 6.98. The first-order valence-corrected chi connectivity index (χ1v) is 17.1. The molecule has 1 amide bonds. The number of methoxy groups -OCH3 is 1. The highest BCUT2D eigenvalue weighted by Gasteiger charge is 2.62. The van der Waals surface area contributed by atoms with Gasteiger partial charge in [0.15, 0.2) is 17.7 Å². The van der Waals surface area contributed by atoms with Crippen LogP contribution in [0.25, 0.3) is 0 Å². The fourth-order valence-electron chi connectivity index (χ4n) is 8.26. The number of carbonyl (C=O) groups is 4. The van der Waals surface area contributed by atoms with Crippen molar-refractivity contribution in [2.24, 2.45) is 23.7 Å². The van der Waals surface area contributed by atoms with E-state index in [2.05, 4.69) is 5.32 Å². The predicted octanol–water partition coefficient (Wildman–Crippen LogP) is 2.16. The lowest BCUT2D eigenvalue weighted by atomic mass is 9.73. The highest BCUT2D eigenvalue weighted by Crippen LogP contribution is 2.44. The number of nitrogens with one attached hydrogen (secondary N) is 1. The highest BCUT2D eigenvalue weighted by molar-refractivity contribution is 6.00. The van der Waals surface area contributed by atoms with Gasteiger partial charge in [-0.1, -0.05) is 27.7 Å². The van der Waals surface area contributed by atoms with E-state index in [1.54, 1.807) is 32.6 Å². The van der Waals surface area contributed by atoms with Gasteiger partial charge in [-0.2, -0.15) is 0 Å². The fourth-order valence-corrected chi connectivity index (χ4v) is 8.26. The van der Waals surface area contributed by atoms with Gasteiger partial charge in [0.1, 0.15) is 23.9 Å². The van der Waals surface area contributed by atoms with E-state index in [1.807, 2.05) is 39.8 Å². The summed E-state index contributed by atoms with van der Waals surface area (Å²) in [6.45, 7) is 15.1. The number of nitrogens with zero attached hydrogens (tertiary/aromatic N) is 2. The van der Waals surface area contributed by atoms with Gasteiger partial charge in [-0.05, 0) is 61.1 Å². The summed E-state index contributed by atoms with van der Waals surface area (Å²) in [5.41, 5.74) is -2.57. The number of Topliss-reactive ketones (excluding diaryl/α,β-unsaturated/α-hetero) is 2. The van der Waals surface area contributed by atoms with Crippen molar-refractivity contribution in [2.75, 3.05) is 34.3 Å². The van der Waals surface area contributed by atoms with Gasteiger partial charge >= 0.3 is 12.1 Å². The lowest BCUT2D eigenvalue weighted by Gasteiger charge is -2.47. The number of carbonyl (C=O) groups excluding carboxylic acids is 4. The van der Waals surface area contributed by atoms with Crippen LogP contribution in [0.2, 0.25) is 0 Å². The van der Waals surface area contributed by atoms with E-state index >= 15 is 0 Å². The van der Waals surface area contributed by atoms with E-state index in [0.717, 1.165) is 0 Å². The van der Waals surface area contributed by atoms with Crippen molar-refractivity contribution in [2.45, 2.75) is 135 Å². The smallest absolute Gasteiger partial charge is 0.411 e. The third-order valence-corrected chi connectivity index (χ3v) is 11.3. The largest absolute Gasteiger partial charge is 0.458 e. The summed E-state index contributed by atoms with van der Waals surface area (Å²) in [5, 5.41) is 14.5. The number of ketones is 2. The second-order valence-electron chi connectivity index (χ2n) is 14.9. The SMILES string of the molecule is CC[C@H]1OC(=O)[C@H](C)C(=O)[C@H](C)[C@@H](O[C@@H]2O[C@H](C)C[C@H](N(C)C)[C@H]2O)[C@](C)(OC)C[C@@H](C)C(=O)[C@H](C)[C@H]2N(C3CNC3)C(=O)O[C@]12C. The quantitative estimate of drug-likeness (QED) is 0.315. The maximum absolute atomic E-state index is 14.4. The number of fused-ring (bicyclic) bond motifs is 1. The molecule has 0 saturated carbocycles. The van der Waals surface area contributed by atoms with E-state index in [0.29, 0.717) is 25.9 Å². The first kappa shape index (κ1) is 37.7. The minimum atomic E-state index is -1.34. The number of ether oxygens (including phenoxy) is 5. The molecule has 0 aromatic rings. The van der Waals surface area contributed by atoms with Gasteiger partial charge in [0, 0.05) is 44.0 Å². The van der Waals surface area contributed by atoms with Crippen LogP contribution in [0.3, 0.4) is 0 Å². The van der Waals surface area contributed by atoms with Crippen LogP contribution >= 0.6 is 0 Å². The van der Waals surface area contributed by atoms with Gasteiger partial charge in [0.2, 0.25) is 0 Å². The Balaban J connectivity index is 1.78. The van der Waals surface area contributed by atoms with Crippen molar-refractivity contribution in [1.29, 1.82) is 0 Å². The molecule has 268 valence electrons. The van der Waals surface area contributed by atoms with E-state index in [-0.39, 0.29) is 30.4 Å². The third-order valence-electron chi connectivity index (χ3n) is 11.3. The highest BCUT2D eigenvalue weighted by atomic mass is 16.7. The molecule has 0 radical (unpaired) electrons. The Morgan fingerprint density at radius 1 is 1.02 bits per heavy atom. The van der Waals surface area contributed by atoms with Crippen LogP contribution in [-0.2, 0) is 38.1 Å². The van der Waals surface area contributed by atoms with E-state index in [1.165, 1.54) is 14.0 Å². The Hall–Kier alpha value is -2.16. The Morgan fingerprint density at radius 3 is 2.19 bits per heavy atom. The van der Waals surface area contributed by atoms with Crippen LogP contribution in [0.4, 0.5) is 4.79 Å². The number of cyclic esters (lactones) is 1. The van der Waals surface area contributed by atoms with Gasteiger partial charge in [0.25, 0.3) is 0 Å². The Morgan fingerprint density at radius 2 is 1.66 bits per heavy atom. The van der Waals surface area contributed by atoms with Gasteiger partial charge in [-0.25, -0.2) is 4.79 Å². The second kappa shape index (κ2) is 14.4. The summed E-state index contributed by atoms with van der Waals surface area (Å²) in [5.74, 6) is -4.74. The lowest BCUT2D eigenvalue weighted by molar-refractivity contribution is -0.295. The molecule has 4 fully saturated rings. The Labute approximate surface area is 279 Å². The van der Waals surface area contributed by atoms with Gasteiger partial charge in [-0.3, -0.25) is 19.3 Å². The molecule has 0 unspecified atom stereocenters. The second-order valence-corrected chi connectivity index (χ2v) is 14.9. The molecular formula is C34H57N3O10. The minimum absolute atomic E-state index is 0.125. The molecule has 13 nitrogen and oxygen atoms in total.